The minimum Gasteiger partial charge on any atom is -0.380 e. The molecule has 0 atom stereocenters. The second-order valence-corrected chi connectivity index (χ2v) is 4.66. The molecular weight excluding hydrogens is 240 g/mol. The summed E-state index contributed by atoms with van der Waals surface area (Å²) in [6, 6.07) is 9.76. The summed E-state index contributed by atoms with van der Waals surface area (Å²) in [7, 11) is 0. The van der Waals surface area contributed by atoms with Crippen molar-refractivity contribution in [2.75, 3.05) is 25.1 Å². The molecule has 1 aromatic rings. The van der Waals surface area contributed by atoms with Gasteiger partial charge in [-0.1, -0.05) is 32.0 Å². The van der Waals surface area contributed by atoms with Gasteiger partial charge in [0.15, 0.2) is 0 Å². The molecule has 0 heterocycles. The molecule has 4 N–H and O–H groups in total. The summed E-state index contributed by atoms with van der Waals surface area (Å²) in [4.78, 5) is 4.30. The second-order valence-electron chi connectivity index (χ2n) is 4.66. The summed E-state index contributed by atoms with van der Waals surface area (Å²) >= 11 is 0. The number of guanidine groups is 1. The quantitative estimate of drug-likeness (QED) is 0.231. The standard InChI is InChI=1S/C14H24N4O/c1-12(2)8-10-19-11-9-16-14(18-15)17-13-6-4-3-5-7-13/h3-7,12H,8-11,15H2,1-2H3,(H2,16,17,18). The average molecular weight is 264 g/mol. The molecule has 0 aliphatic heterocycles. The van der Waals surface area contributed by atoms with Gasteiger partial charge in [-0.3, -0.25) is 5.43 Å². The highest BCUT2D eigenvalue weighted by Crippen LogP contribution is 2.04. The van der Waals surface area contributed by atoms with Gasteiger partial charge in [0.1, 0.15) is 0 Å². The maximum atomic E-state index is 5.49. The van der Waals surface area contributed by atoms with Crippen molar-refractivity contribution in [3.63, 3.8) is 0 Å². The smallest absolute Gasteiger partial charge is 0.210 e. The molecule has 1 rings (SSSR count). The van der Waals surface area contributed by atoms with Gasteiger partial charge in [-0.15, -0.1) is 0 Å². The van der Waals surface area contributed by atoms with Gasteiger partial charge in [-0.05, 0) is 24.5 Å². The van der Waals surface area contributed by atoms with E-state index in [0.717, 1.165) is 18.7 Å². The van der Waals surface area contributed by atoms with Crippen LogP contribution >= 0.6 is 0 Å². The Morgan fingerprint density at radius 1 is 1.26 bits per heavy atom. The molecule has 0 aromatic heterocycles. The van der Waals surface area contributed by atoms with Crippen LogP contribution in [0.3, 0.4) is 0 Å². The van der Waals surface area contributed by atoms with Crippen molar-refractivity contribution < 1.29 is 4.74 Å². The van der Waals surface area contributed by atoms with Crippen LogP contribution in [0, 0.1) is 5.92 Å². The Kier molecular flexibility index (Phi) is 7.62. The fraction of sp³-hybridized carbons (Fsp3) is 0.500. The van der Waals surface area contributed by atoms with Crippen molar-refractivity contribution in [3.8, 4) is 0 Å². The third-order valence-corrected chi connectivity index (χ3v) is 2.52. The van der Waals surface area contributed by atoms with Gasteiger partial charge in [-0.2, -0.15) is 0 Å². The fourth-order valence-electron chi connectivity index (χ4n) is 1.42. The van der Waals surface area contributed by atoms with Crippen LogP contribution in [0.2, 0.25) is 0 Å². The van der Waals surface area contributed by atoms with Crippen LogP contribution in [0.1, 0.15) is 20.3 Å². The number of nitrogens with two attached hydrogens (primary N) is 1. The summed E-state index contributed by atoms with van der Waals surface area (Å²) in [6.45, 7) is 6.33. The number of para-hydroxylation sites is 1. The first-order chi connectivity index (χ1) is 9.22. The molecule has 0 spiro atoms. The van der Waals surface area contributed by atoms with E-state index in [1.54, 1.807) is 0 Å². The molecule has 0 aliphatic carbocycles. The highest BCUT2D eigenvalue weighted by atomic mass is 16.5. The van der Waals surface area contributed by atoms with E-state index >= 15 is 0 Å². The van der Waals surface area contributed by atoms with Crippen LogP contribution in [-0.4, -0.2) is 25.7 Å². The molecule has 0 fully saturated rings. The molecule has 1 aromatic carbocycles. The number of hydrogen-bond acceptors (Lipinski definition) is 3. The van der Waals surface area contributed by atoms with Gasteiger partial charge in [0.2, 0.25) is 5.96 Å². The molecule has 0 amide bonds. The van der Waals surface area contributed by atoms with Crippen LogP contribution in [0.5, 0.6) is 0 Å². The summed E-state index contributed by atoms with van der Waals surface area (Å²) < 4.78 is 5.49. The van der Waals surface area contributed by atoms with E-state index in [-0.39, 0.29) is 0 Å². The molecule has 0 bridgehead atoms. The average Bonchev–Trinajstić information content (AvgIpc) is 2.42. The SMILES string of the molecule is CC(C)CCOCCN=C(NN)Nc1ccccc1. The van der Waals surface area contributed by atoms with Crippen LogP contribution in [0.4, 0.5) is 5.69 Å². The van der Waals surface area contributed by atoms with Crippen molar-refractivity contribution in [3.05, 3.63) is 30.3 Å². The summed E-state index contributed by atoms with van der Waals surface area (Å²) in [5, 5.41) is 3.10. The number of ether oxygens (including phenoxy) is 1. The van der Waals surface area contributed by atoms with Crippen molar-refractivity contribution >= 4 is 11.6 Å². The number of nitrogens with one attached hydrogen (secondary N) is 2. The third kappa shape index (κ3) is 7.43. The molecule has 0 radical (unpaired) electrons. The lowest BCUT2D eigenvalue weighted by Gasteiger charge is -2.09. The van der Waals surface area contributed by atoms with Crippen molar-refractivity contribution in [2.45, 2.75) is 20.3 Å². The molecule has 5 nitrogen and oxygen atoms in total. The number of anilines is 1. The number of hydrogen-bond donors (Lipinski definition) is 3. The number of hydrazine groups is 1. The monoisotopic (exact) mass is 264 g/mol. The first-order valence-corrected chi connectivity index (χ1v) is 6.63. The van der Waals surface area contributed by atoms with Gasteiger partial charge in [0.25, 0.3) is 0 Å². The normalized spacial score (nSPS) is 11.7. The van der Waals surface area contributed by atoms with E-state index in [0.29, 0.717) is 25.0 Å². The third-order valence-electron chi connectivity index (χ3n) is 2.52. The predicted octanol–water partition coefficient (Wildman–Crippen LogP) is 1.98. The van der Waals surface area contributed by atoms with E-state index in [4.69, 9.17) is 10.6 Å². The lowest BCUT2D eigenvalue weighted by molar-refractivity contribution is 0.131. The first kappa shape index (κ1) is 15.5. The van der Waals surface area contributed by atoms with Crippen LogP contribution in [-0.2, 0) is 4.74 Å². The molecule has 0 unspecified atom stereocenters. The van der Waals surface area contributed by atoms with Crippen molar-refractivity contribution in [1.82, 2.24) is 5.43 Å². The highest BCUT2D eigenvalue weighted by Gasteiger charge is 1.97. The summed E-state index contributed by atoms with van der Waals surface area (Å²) in [6.07, 6.45) is 1.08. The van der Waals surface area contributed by atoms with Gasteiger partial charge in [0.05, 0.1) is 13.2 Å². The first-order valence-electron chi connectivity index (χ1n) is 6.63. The Hall–Kier alpha value is -1.59. The molecule has 0 aliphatic rings. The fourth-order valence-corrected chi connectivity index (χ4v) is 1.42. The van der Waals surface area contributed by atoms with Crippen LogP contribution in [0.25, 0.3) is 0 Å². The molecular formula is C14H24N4O. The maximum Gasteiger partial charge on any atom is 0.210 e. The zero-order chi connectivity index (χ0) is 13.9. The molecule has 19 heavy (non-hydrogen) atoms. The van der Waals surface area contributed by atoms with E-state index < -0.39 is 0 Å². The lowest BCUT2D eigenvalue weighted by atomic mass is 10.1. The number of aliphatic imine (C=N–C) groups is 1. The number of rotatable bonds is 7. The molecule has 0 saturated heterocycles. The zero-order valence-electron chi connectivity index (χ0n) is 11.7. The summed E-state index contributed by atoms with van der Waals surface area (Å²) in [5.74, 6) is 6.63. The largest absolute Gasteiger partial charge is 0.380 e. The number of benzene rings is 1. The minimum atomic E-state index is 0.540. The molecule has 5 heteroatoms. The van der Waals surface area contributed by atoms with E-state index in [9.17, 15) is 0 Å². The summed E-state index contributed by atoms with van der Waals surface area (Å²) in [5.41, 5.74) is 3.49. The minimum absolute atomic E-state index is 0.540. The van der Waals surface area contributed by atoms with E-state index in [1.165, 1.54) is 0 Å². The number of nitrogens with zero attached hydrogens (tertiary/aromatic N) is 1. The van der Waals surface area contributed by atoms with Crippen molar-refractivity contribution in [1.29, 1.82) is 0 Å². The zero-order valence-corrected chi connectivity index (χ0v) is 11.7. The Morgan fingerprint density at radius 2 is 2.00 bits per heavy atom. The predicted molar refractivity (Wildman–Crippen MR) is 80.0 cm³/mol. The second kappa shape index (κ2) is 9.35. The Bertz CT molecular complexity index is 365. The lowest BCUT2D eigenvalue weighted by Crippen LogP contribution is -2.36. The molecule has 0 saturated carbocycles. The van der Waals surface area contributed by atoms with Crippen LogP contribution in [0.15, 0.2) is 35.3 Å². The Morgan fingerprint density at radius 3 is 2.63 bits per heavy atom. The Labute approximate surface area is 115 Å². The van der Waals surface area contributed by atoms with Gasteiger partial charge in [-0.25, -0.2) is 10.8 Å². The van der Waals surface area contributed by atoms with E-state index in [1.807, 2.05) is 30.3 Å². The van der Waals surface area contributed by atoms with Gasteiger partial charge >= 0.3 is 0 Å². The van der Waals surface area contributed by atoms with Crippen LogP contribution < -0.4 is 16.6 Å². The topological polar surface area (TPSA) is 71.7 Å². The maximum absolute atomic E-state index is 5.49. The van der Waals surface area contributed by atoms with Gasteiger partial charge in [0, 0.05) is 12.3 Å². The highest BCUT2D eigenvalue weighted by molar-refractivity contribution is 5.93. The Balaban J connectivity index is 2.25. The van der Waals surface area contributed by atoms with Crippen molar-refractivity contribution in [2.24, 2.45) is 16.8 Å². The molecule has 106 valence electrons. The van der Waals surface area contributed by atoms with Gasteiger partial charge < -0.3 is 10.1 Å². The van der Waals surface area contributed by atoms with E-state index in [2.05, 4.69) is 29.6 Å².